The zero-order valence-corrected chi connectivity index (χ0v) is 11.0. The van der Waals surface area contributed by atoms with Gasteiger partial charge in [0.15, 0.2) is 4.77 Å². The number of thiophene rings is 1. The summed E-state index contributed by atoms with van der Waals surface area (Å²) in [7, 11) is 0. The van der Waals surface area contributed by atoms with Gasteiger partial charge in [-0.2, -0.15) is 16.6 Å². The quantitative estimate of drug-likeness (QED) is 0.723. The summed E-state index contributed by atoms with van der Waals surface area (Å²) in [6.45, 7) is 0.733. The molecule has 0 radical (unpaired) electrons. The maximum atomic E-state index is 9.08. The molecule has 3 aromatic rings. The molecule has 5 heteroatoms. The minimum Gasteiger partial charge on any atom is -0.329 e. The molecule has 0 amide bonds. The zero-order chi connectivity index (χ0) is 12.5. The number of nitriles is 1. The summed E-state index contributed by atoms with van der Waals surface area (Å²) in [5.74, 6) is 0. The van der Waals surface area contributed by atoms with Crippen molar-refractivity contribution >= 4 is 34.6 Å². The smallest absolute Gasteiger partial charge is 0.178 e. The number of rotatable bonds is 2. The van der Waals surface area contributed by atoms with Gasteiger partial charge in [-0.15, -0.1) is 0 Å². The van der Waals surface area contributed by atoms with Crippen molar-refractivity contribution in [2.24, 2.45) is 0 Å². The Balaban J connectivity index is 2.21. The molecule has 0 saturated carbocycles. The average molecular weight is 271 g/mol. The number of aromatic nitrogens is 2. The van der Waals surface area contributed by atoms with Gasteiger partial charge in [-0.3, -0.25) is 0 Å². The van der Waals surface area contributed by atoms with E-state index >= 15 is 0 Å². The number of hydrogen-bond acceptors (Lipinski definition) is 3. The van der Waals surface area contributed by atoms with Crippen molar-refractivity contribution in [1.82, 2.24) is 9.55 Å². The van der Waals surface area contributed by atoms with Gasteiger partial charge in [0.05, 0.1) is 23.1 Å². The average Bonchev–Trinajstić information content (AvgIpc) is 2.99. The Morgan fingerprint density at radius 3 is 3.00 bits per heavy atom. The summed E-state index contributed by atoms with van der Waals surface area (Å²) >= 11 is 7.01. The highest BCUT2D eigenvalue weighted by atomic mass is 32.1. The maximum Gasteiger partial charge on any atom is 0.178 e. The van der Waals surface area contributed by atoms with Crippen LogP contribution >= 0.6 is 23.6 Å². The van der Waals surface area contributed by atoms with Crippen LogP contribution in [0.1, 0.15) is 11.1 Å². The molecule has 0 spiro atoms. The monoisotopic (exact) mass is 271 g/mol. The van der Waals surface area contributed by atoms with Gasteiger partial charge in [0.25, 0.3) is 0 Å². The number of H-pyrrole nitrogens is 1. The number of benzene rings is 1. The lowest BCUT2D eigenvalue weighted by molar-refractivity contribution is 0.813. The lowest BCUT2D eigenvalue weighted by Gasteiger charge is -2.02. The van der Waals surface area contributed by atoms with Crippen LogP contribution in [-0.2, 0) is 6.54 Å². The van der Waals surface area contributed by atoms with Crippen molar-refractivity contribution in [2.75, 3.05) is 0 Å². The number of hydrogen-bond donors (Lipinski definition) is 1. The first-order valence-corrected chi connectivity index (χ1v) is 6.77. The van der Waals surface area contributed by atoms with Crippen molar-refractivity contribution < 1.29 is 0 Å². The Kier molecular flexibility index (Phi) is 2.74. The number of imidazole rings is 1. The third-order valence-electron chi connectivity index (χ3n) is 2.85. The molecule has 1 aromatic carbocycles. The molecule has 2 heterocycles. The summed E-state index contributed by atoms with van der Waals surface area (Å²) in [5.41, 5.74) is 3.65. The molecular formula is C13H9N3S2. The Morgan fingerprint density at radius 2 is 2.28 bits per heavy atom. The van der Waals surface area contributed by atoms with Gasteiger partial charge in [0, 0.05) is 0 Å². The summed E-state index contributed by atoms with van der Waals surface area (Å²) < 4.78 is 2.67. The van der Waals surface area contributed by atoms with Gasteiger partial charge in [0.2, 0.25) is 0 Å². The van der Waals surface area contributed by atoms with Gasteiger partial charge in [-0.25, -0.2) is 0 Å². The Hall–Kier alpha value is -1.90. The van der Waals surface area contributed by atoms with Crippen LogP contribution in [0.15, 0.2) is 35.0 Å². The second kappa shape index (κ2) is 4.41. The van der Waals surface area contributed by atoms with E-state index in [1.54, 1.807) is 17.4 Å². The van der Waals surface area contributed by atoms with Crippen molar-refractivity contribution in [1.29, 1.82) is 5.26 Å². The van der Waals surface area contributed by atoms with Crippen molar-refractivity contribution in [3.63, 3.8) is 0 Å². The van der Waals surface area contributed by atoms with Gasteiger partial charge >= 0.3 is 0 Å². The lowest BCUT2D eigenvalue weighted by Crippen LogP contribution is -1.98. The number of nitrogens with zero attached hydrogens (tertiary/aromatic N) is 2. The van der Waals surface area contributed by atoms with Gasteiger partial charge < -0.3 is 9.55 Å². The van der Waals surface area contributed by atoms with Gasteiger partial charge in [-0.1, -0.05) is 6.07 Å². The van der Waals surface area contributed by atoms with Crippen LogP contribution in [0.4, 0.5) is 0 Å². The van der Waals surface area contributed by atoms with Crippen LogP contribution in [0.25, 0.3) is 11.0 Å². The van der Waals surface area contributed by atoms with Crippen LogP contribution in [0, 0.1) is 16.1 Å². The van der Waals surface area contributed by atoms with Crippen molar-refractivity contribution in [3.05, 3.63) is 50.9 Å². The minimum absolute atomic E-state index is 0.627. The number of fused-ring (bicyclic) bond motifs is 1. The number of aromatic amines is 1. The fourth-order valence-corrected chi connectivity index (χ4v) is 2.92. The normalized spacial score (nSPS) is 10.6. The Labute approximate surface area is 113 Å². The van der Waals surface area contributed by atoms with Crippen LogP contribution in [0.5, 0.6) is 0 Å². The summed E-state index contributed by atoms with van der Waals surface area (Å²) in [6, 6.07) is 9.92. The second-order valence-electron chi connectivity index (χ2n) is 3.96. The summed E-state index contributed by atoms with van der Waals surface area (Å²) in [4.78, 5) is 3.12. The molecule has 0 bridgehead atoms. The second-order valence-corrected chi connectivity index (χ2v) is 5.13. The van der Waals surface area contributed by atoms with E-state index in [1.807, 2.05) is 16.7 Å². The molecule has 0 unspecified atom stereocenters. The van der Waals surface area contributed by atoms with Crippen LogP contribution in [0.3, 0.4) is 0 Å². The summed E-state index contributed by atoms with van der Waals surface area (Å²) in [6.07, 6.45) is 0. The fourth-order valence-electron chi connectivity index (χ4n) is 2.00. The molecular weight excluding hydrogens is 262 g/mol. The lowest BCUT2D eigenvalue weighted by atomic mass is 10.2. The largest absolute Gasteiger partial charge is 0.329 e. The zero-order valence-electron chi connectivity index (χ0n) is 9.38. The highest BCUT2D eigenvalue weighted by molar-refractivity contribution is 7.71. The molecule has 1 N–H and O–H groups in total. The molecule has 18 heavy (non-hydrogen) atoms. The molecule has 3 nitrogen and oxygen atoms in total. The van der Waals surface area contributed by atoms with Gasteiger partial charge in [0.1, 0.15) is 6.07 Å². The first-order valence-electron chi connectivity index (χ1n) is 5.42. The predicted molar refractivity (Wildman–Crippen MR) is 75.3 cm³/mol. The number of para-hydroxylation sites is 1. The molecule has 0 aliphatic heterocycles. The third kappa shape index (κ3) is 1.76. The van der Waals surface area contributed by atoms with Crippen molar-refractivity contribution in [3.8, 4) is 6.07 Å². The summed E-state index contributed by atoms with van der Waals surface area (Å²) in [5, 5.41) is 13.2. The predicted octanol–water partition coefficient (Wildman–Crippen LogP) is 3.68. The van der Waals surface area contributed by atoms with E-state index in [0.717, 1.165) is 17.6 Å². The first-order chi connectivity index (χ1) is 8.79. The molecule has 2 aromatic heterocycles. The van der Waals surface area contributed by atoms with Crippen LogP contribution in [0.2, 0.25) is 0 Å². The molecule has 0 fully saturated rings. The van der Waals surface area contributed by atoms with Gasteiger partial charge in [-0.05, 0) is 46.7 Å². The Bertz CT molecular complexity index is 788. The van der Waals surface area contributed by atoms with E-state index in [2.05, 4.69) is 27.9 Å². The van der Waals surface area contributed by atoms with E-state index in [4.69, 9.17) is 17.5 Å². The van der Waals surface area contributed by atoms with E-state index in [1.165, 1.54) is 5.56 Å². The van der Waals surface area contributed by atoms with Crippen LogP contribution in [-0.4, -0.2) is 9.55 Å². The molecule has 3 rings (SSSR count). The molecule has 88 valence electrons. The van der Waals surface area contributed by atoms with E-state index in [-0.39, 0.29) is 0 Å². The highest BCUT2D eigenvalue weighted by Crippen LogP contribution is 2.19. The molecule has 0 aliphatic carbocycles. The Morgan fingerprint density at radius 1 is 1.39 bits per heavy atom. The van der Waals surface area contributed by atoms with E-state index in [9.17, 15) is 0 Å². The SMILES string of the molecule is N#Cc1cccc2c1[nH]c(=S)n2Cc1ccsc1. The number of nitrogens with one attached hydrogen (secondary N) is 1. The van der Waals surface area contributed by atoms with E-state index < -0.39 is 0 Å². The maximum absolute atomic E-state index is 9.08. The topological polar surface area (TPSA) is 44.5 Å². The molecule has 0 atom stereocenters. The molecule has 0 saturated heterocycles. The standard InChI is InChI=1S/C13H9N3S2/c14-6-10-2-1-3-11-12(10)15-13(17)16(11)7-9-4-5-18-8-9/h1-5,8H,7H2,(H,15,17). The third-order valence-corrected chi connectivity index (χ3v) is 3.91. The highest BCUT2D eigenvalue weighted by Gasteiger charge is 2.08. The first kappa shape index (κ1) is 11.2. The van der Waals surface area contributed by atoms with Crippen molar-refractivity contribution in [2.45, 2.75) is 6.54 Å². The fraction of sp³-hybridized carbons (Fsp3) is 0.0769. The van der Waals surface area contributed by atoms with E-state index in [0.29, 0.717) is 10.3 Å². The van der Waals surface area contributed by atoms with Crippen LogP contribution < -0.4 is 0 Å². The minimum atomic E-state index is 0.627. The molecule has 0 aliphatic rings.